The number of hydrogen-bond acceptors (Lipinski definition) is 4. The van der Waals surface area contributed by atoms with Crippen molar-refractivity contribution in [2.75, 3.05) is 5.32 Å². The first-order chi connectivity index (χ1) is 12.0. The molecule has 6 heteroatoms. The number of amides is 1. The molecule has 4 nitrogen and oxygen atoms in total. The Morgan fingerprint density at radius 2 is 1.96 bits per heavy atom. The number of thiazole rings is 1. The topological polar surface area (TPSA) is 51.2 Å². The SMILES string of the molecule is Cc1ccc(OCc2nc(C)c(C(=O)Nc3cccc(Br)c3)s2)cc1. The van der Waals surface area contributed by atoms with Crippen molar-refractivity contribution < 1.29 is 9.53 Å². The van der Waals surface area contributed by atoms with Crippen molar-refractivity contribution in [2.45, 2.75) is 20.5 Å². The highest BCUT2D eigenvalue weighted by molar-refractivity contribution is 9.10. The van der Waals surface area contributed by atoms with Crippen LogP contribution in [-0.2, 0) is 6.61 Å². The second-order valence-corrected chi connectivity index (χ2v) is 7.59. The van der Waals surface area contributed by atoms with Crippen LogP contribution in [0, 0.1) is 13.8 Å². The zero-order valence-corrected chi connectivity index (χ0v) is 16.3. The number of carbonyl (C=O) groups is 1. The number of aromatic nitrogens is 1. The van der Waals surface area contributed by atoms with Gasteiger partial charge in [-0.2, -0.15) is 0 Å². The Balaban J connectivity index is 1.67. The molecule has 1 amide bonds. The summed E-state index contributed by atoms with van der Waals surface area (Å²) in [5, 5.41) is 3.67. The van der Waals surface area contributed by atoms with E-state index in [9.17, 15) is 4.79 Å². The number of carbonyl (C=O) groups excluding carboxylic acids is 1. The van der Waals surface area contributed by atoms with Crippen LogP contribution < -0.4 is 10.1 Å². The fourth-order valence-electron chi connectivity index (χ4n) is 2.26. The largest absolute Gasteiger partial charge is 0.486 e. The maximum atomic E-state index is 12.5. The van der Waals surface area contributed by atoms with Gasteiger partial charge in [0.2, 0.25) is 0 Å². The molecule has 0 radical (unpaired) electrons. The van der Waals surface area contributed by atoms with E-state index in [-0.39, 0.29) is 5.91 Å². The summed E-state index contributed by atoms with van der Waals surface area (Å²) >= 11 is 4.75. The van der Waals surface area contributed by atoms with E-state index in [2.05, 4.69) is 26.2 Å². The van der Waals surface area contributed by atoms with Crippen LogP contribution in [0.4, 0.5) is 5.69 Å². The van der Waals surface area contributed by atoms with Crippen molar-refractivity contribution in [3.05, 3.63) is 74.1 Å². The van der Waals surface area contributed by atoms with E-state index in [0.717, 1.165) is 20.9 Å². The average Bonchev–Trinajstić information content (AvgIpc) is 2.95. The maximum Gasteiger partial charge on any atom is 0.267 e. The molecule has 128 valence electrons. The molecule has 25 heavy (non-hydrogen) atoms. The Morgan fingerprint density at radius 1 is 1.20 bits per heavy atom. The minimum absolute atomic E-state index is 0.158. The monoisotopic (exact) mass is 416 g/mol. The normalized spacial score (nSPS) is 10.5. The van der Waals surface area contributed by atoms with E-state index in [1.54, 1.807) is 0 Å². The molecule has 0 saturated heterocycles. The Kier molecular flexibility index (Phi) is 5.50. The molecule has 1 aromatic heterocycles. The Morgan fingerprint density at radius 3 is 2.68 bits per heavy atom. The minimum Gasteiger partial charge on any atom is -0.486 e. The zero-order chi connectivity index (χ0) is 17.8. The molecule has 1 heterocycles. The summed E-state index contributed by atoms with van der Waals surface area (Å²) in [5.74, 6) is 0.633. The van der Waals surface area contributed by atoms with Crippen LogP contribution in [0.2, 0.25) is 0 Å². The molecule has 0 unspecified atom stereocenters. The molecule has 1 N–H and O–H groups in total. The lowest BCUT2D eigenvalue weighted by Crippen LogP contribution is -2.11. The van der Waals surface area contributed by atoms with Crippen LogP contribution in [0.15, 0.2) is 53.0 Å². The summed E-state index contributed by atoms with van der Waals surface area (Å²) in [7, 11) is 0. The smallest absolute Gasteiger partial charge is 0.267 e. The van der Waals surface area contributed by atoms with E-state index in [0.29, 0.717) is 17.2 Å². The van der Waals surface area contributed by atoms with Crippen molar-refractivity contribution in [3.8, 4) is 5.75 Å². The fraction of sp³-hybridized carbons (Fsp3) is 0.158. The summed E-state index contributed by atoms with van der Waals surface area (Å²) < 4.78 is 6.65. The lowest BCUT2D eigenvalue weighted by Gasteiger charge is -2.04. The molecule has 0 aliphatic heterocycles. The van der Waals surface area contributed by atoms with E-state index in [1.807, 2.05) is 62.4 Å². The summed E-state index contributed by atoms with van der Waals surface area (Å²) in [6, 6.07) is 15.3. The quantitative estimate of drug-likeness (QED) is 0.609. The van der Waals surface area contributed by atoms with E-state index in [4.69, 9.17) is 4.74 Å². The number of nitrogens with one attached hydrogen (secondary N) is 1. The number of nitrogens with zero attached hydrogens (tertiary/aromatic N) is 1. The number of aryl methyl sites for hydroxylation is 2. The molecule has 2 aromatic carbocycles. The van der Waals surface area contributed by atoms with Gasteiger partial charge in [0.15, 0.2) is 0 Å². The highest BCUT2D eigenvalue weighted by Gasteiger charge is 2.16. The molecule has 0 saturated carbocycles. The molecule has 0 aliphatic rings. The molecule has 0 fully saturated rings. The van der Waals surface area contributed by atoms with E-state index < -0.39 is 0 Å². The summed E-state index contributed by atoms with van der Waals surface area (Å²) in [5.41, 5.74) is 2.63. The molecule has 3 aromatic rings. The van der Waals surface area contributed by atoms with Gasteiger partial charge in [0.25, 0.3) is 5.91 Å². The second kappa shape index (κ2) is 7.80. The van der Waals surface area contributed by atoms with Gasteiger partial charge in [-0.1, -0.05) is 39.7 Å². The van der Waals surface area contributed by atoms with Gasteiger partial charge >= 0.3 is 0 Å². The van der Waals surface area contributed by atoms with Gasteiger partial charge in [0, 0.05) is 10.2 Å². The van der Waals surface area contributed by atoms with Gasteiger partial charge in [-0.15, -0.1) is 11.3 Å². The fourth-order valence-corrected chi connectivity index (χ4v) is 3.53. The number of benzene rings is 2. The Labute approximate surface area is 159 Å². The number of hydrogen-bond donors (Lipinski definition) is 1. The first-order valence-electron chi connectivity index (χ1n) is 7.74. The van der Waals surface area contributed by atoms with Gasteiger partial charge in [-0.05, 0) is 44.2 Å². The standard InChI is InChI=1S/C19H17BrN2O2S/c1-12-6-8-16(9-7-12)24-11-17-21-13(2)18(25-17)19(23)22-15-5-3-4-14(20)10-15/h3-10H,11H2,1-2H3,(H,22,23). The van der Waals surface area contributed by atoms with Crippen molar-refractivity contribution >= 4 is 38.9 Å². The summed E-state index contributed by atoms with van der Waals surface area (Å²) in [4.78, 5) is 17.5. The van der Waals surface area contributed by atoms with Crippen molar-refractivity contribution in [2.24, 2.45) is 0 Å². The molecule has 0 atom stereocenters. The molecule has 0 aliphatic carbocycles. The third-order valence-corrected chi connectivity index (χ3v) is 5.14. The van der Waals surface area contributed by atoms with Crippen LogP contribution in [0.3, 0.4) is 0 Å². The number of ether oxygens (including phenoxy) is 1. The second-order valence-electron chi connectivity index (χ2n) is 5.59. The Bertz CT molecular complexity index is 891. The van der Waals surface area contributed by atoms with Crippen LogP contribution in [-0.4, -0.2) is 10.9 Å². The number of anilines is 1. The van der Waals surface area contributed by atoms with Gasteiger partial charge in [-0.25, -0.2) is 4.98 Å². The molecule has 0 spiro atoms. The minimum atomic E-state index is -0.158. The molecule has 0 bridgehead atoms. The highest BCUT2D eigenvalue weighted by Crippen LogP contribution is 2.23. The number of halogens is 1. The van der Waals surface area contributed by atoms with Crippen molar-refractivity contribution in [3.63, 3.8) is 0 Å². The van der Waals surface area contributed by atoms with Crippen molar-refractivity contribution in [1.29, 1.82) is 0 Å². The first kappa shape index (κ1) is 17.6. The predicted octanol–water partition coefficient (Wildman–Crippen LogP) is 5.35. The third kappa shape index (κ3) is 4.67. The number of rotatable bonds is 5. The van der Waals surface area contributed by atoms with Crippen LogP contribution in [0.5, 0.6) is 5.75 Å². The van der Waals surface area contributed by atoms with Crippen LogP contribution in [0.1, 0.15) is 25.9 Å². The van der Waals surface area contributed by atoms with Crippen LogP contribution >= 0.6 is 27.3 Å². The Hall–Kier alpha value is -2.18. The van der Waals surface area contributed by atoms with Crippen molar-refractivity contribution in [1.82, 2.24) is 4.98 Å². The van der Waals surface area contributed by atoms with Gasteiger partial charge in [-0.3, -0.25) is 4.79 Å². The highest BCUT2D eigenvalue weighted by atomic mass is 79.9. The zero-order valence-electron chi connectivity index (χ0n) is 13.9. The van der Waals surface area contributed by atoms with Gasteiger partial charge in [0.05, 0.1) is 5.69 Å². The maximum absolute atomic E-state index is 12.5. The van der Waals surface area contributed by atoms with Crippen LogP contribution in [0.25, 0.3) is 0 Å². The summed E-state index contributed by atoms with van der Waals surface area (Å²) in [6.07, 6.45) is 0. The van der Waals surface area contributed by atoms with E-state index in [1.165, 1.54) is 16.9 Å². The lowest BCUT2D eigenvalue weighted by atomic mass is 10.2. The molecular weight excluding hydrogens is 400 g/mol. The third-order valence-electron chi connectivity index (χ3n) is 3.51. The summed E-state index contributed by atoms with van der Waals surface area (Å²) in [6.45, 7) is 4.21. The first-order valence-corrected chi connectivity index (χ1v) is 9.35. The van der Waals surface area contributed by atoms with Gasteiger partial charge in [0.1, 0.15) is 22.2 Å². The average molecular weight is 417 g/mol. The molecule has 3 rings (SSSR count). The molecular formula is C19H17BrN2O2S. The van der Waals surface area contributed by atoms with E-state index >= 15 is 0 Å². The van der Waals surface area contributed by atoms with Gasteiger partial charge < -0.3 is 10.1 Å². The predicted molar refractivity (Wildman–Crippen MR) is 104 cm³/mol. The lowest BCUT2D eigenvalue weighted by molar-refractivity contribution is 0.103.